The van der Waals surface area contributed by atoms with Crippen molar-refractivity contribution in [3.05, 3.63) is 30.1 Å². The molecule has 4 heteroatoms. The molecule has 1 heterocycles. The van der Waals surface area contributed by atoms with Crippen molar-refractivity contribution in [1.29, 1.82) is 5.26 Å². The summed E-state index contributed by atoms with van der Waals surface area (Å²) in [7, 11) is 0. The number of esters is 1. The average Bonchev–Trinajstić information content (AvgIpc) is 2.29. The van der Waals surface area contributed by atoms with E-state index in [4.69, 9.17) is 10.00 Å². The molecule has 0 aliphatic heterocycles. The fourth-order valence-electron chi connectivity index (χ4n) is 1.07. The number of carbonyl (C=O) groups is 1. The van der Waals surface area contributed by atoms with Gasteiger partial charge < -0.3 is 4.74 Å². The van der Waals surface area contributed by atoms with Crippen LogP contribution in [0.5, 0.6) is 0 Å². The Balaban J connectivity index is 2.59. The van der Waals surface area contributed by atoms with Crippen LogP contribution >= 0.6 is 0 Å². The molecule has 1 atom stereocenters. The maximum absolute atomic E-state index is 11.5. The minimum atomic E-state index is -0.426. The Hall–Kier alpha value is -1.89. The van der Waals surface area contributed by atoms with E-state index in [9.17, 15) is 4.79 Å². The van der Waals surface area contributed by atoms with E-state index in [-0.39, 0.29) is 12.5 Å². The Morgan fingerprint density at radius 1 is 1.73 bits per heavy atom. The summed E-state index contributed by atoms with van der Waals surface area (Å²) in [5, 5.41) is 8.50. The zero-order valence-electron chi connectivity index (χ0n) is 8.51. The average molecular weight is 204 g/mol. The van der Waals surface area contributed by atoms with Crippen molar-refractivity contribution in [2.45, 2.75) is 25.9 Å². The molecule has 0 fully saturated rings. The number of hydrogen-bond donors (Lipinski definition) is 0. The van der Waals surface area contributed by atoms with Crippen LogP contribution in [-0.2, 0) is 4.74 Å². The van der Waals surface area contributed by atoms with Gasteiger partial charge in [-0.2, -0.15) is 5.26 Å². The van der Waals surface area contributed by atoms with E-state index in [1.54, 1.807) is 18.3 Å². The predicted octanol–water partition coefficient (Wildman–Crippen LogP) is 1.93. The van der Waals surface area contributed by atoms with Crippen LogP contribution < -0.4 is 0 Å². The SMILES string of the molecule is CCC(CC#N)OC(=O)c1cccnc1. The lowest BCUT2D eigenvalue weighted by Gasteiger charge is -2.12. The van der Waals surface area contributed by atoms with E-state index in [2.05, 4.69) is 4.98 Å². The second-order valence-electron chi connectivity index (χ2n) is 3.04. The number of pyridine rings is 1. The van der Waals surface area contributed by atoms with Crippen LogP contribution in [0.1, 0.15) is 30.1 Å². The molecule has 0 N–H and O–H groups in total. The molecule has 1 unspecified atom stereocenters. The van der Waals surface area contributed by atoms with Gasteiger partial charge in [-0.25, -0.2) is 4.79 Å². The number of aromatic nitrogens is 1. The normalized spacial score (nSPS) is 11.5. The molecule has 0 spiro atoms. The second-order valence-corrected chi connectivity index (χ2v) is 3.04. The Kier molecular flexibility index (Phi) is 4.30. The zero-order chi connectivity index (χ0) is 11.1. The summed E-state index contributed by atoms with van der Waals surface area (Å²) in [5.74, 6) is -0.426. The highest BCUT2D eigenvalue weighted by molar-refractivity contribution is 5.89. The van der Waals surface area contributed by atoms with Gasteiger partial charge in [-0.05, 0) is 18.6 Å². The quantitative estimate of drug-likeness (QED) is 0.703. The number of nitriles is 1. The molecule has 1 aromatic heterocycles. The van der Waals surface area contributed by atoms with Crippen molar-refractivity contribution in [1.82, 2.24) is 4.98 Å². The third-order valence-corrected chi connectivity index (χ3v) is 1.95. The molecule has 0 saturated heterocycles. The van der Waals surface area contributed by atoms with Gasteiger partial charge in [0.2, 0.25) is 0 Å². The molecule has 0 bridgehead atoms. The maximum Gasteiger partial charge on any atom is 0.340 e. The highest BCUT2D eigenvalue weighted by Gasteiger charge is 2.13. The van der Waals surface area contributed by atoms with Gasteiger partial charge in [-0.1, -0.05) is 6.92 Å². The second kappa shape index (κ2) is 5.76. The highest BCUT2D eigenvalue weighted by Crippen LogP contribution is 2.07. The van der Waals surface area contributed by atoms with E-state index >= 15 is 0 Å². The van der Waals surface area contributed by atoms with E-state index in [1.165, 1.54) is 6.20 Å². The molecule has 78 valence electrons. The largest absolute Gasteiger partial charge is 0.458 e. The van der Waals surface area contributed by atoms with Gasteiger partial charge in [-0.3, -0.25) is 4.98 Å². The van der Waals surface area contributed by atoms with Gasteiger partial charge >= 0.3 is 5.97 Å². The first-order valence-electron chi connectivity index (χ1n) is 4.76. The predicted molar refractivity (Wildman–Crippen MR) is 54.0 cm³/mol. The molecule has 0 radical (unpaired) electrons. The number of rotatable bonds is 4. The topological polar surface area (TPSA) is 63.0 Å². The molecule has 0 aliphatic carbocycles. The van der Waals surface area contributed by atoms with Crippen LogP contribution in [0.2, 0.25) is 0 Å². The first kappa shape index (κ1) is 11.2. The summed E-state index contributed by atoms with van der Waals surface area (Å²) < 4.78 is 5.12. The summed E-state index contributed by atoms with van der Waals surface area (Å²) in [6.45, 7) is 1.87. The molecule has 0 aliphatic rings. The lowest BCUT2D eigenvalue weighted by molar-refractivity contribution is 0.0303. The van der Waals surface area contributed by atoms with E-state index in [0.29, 0.717) is 12.0 Å². The minimum Gasteiger partial charge on any atom is -0.458 e. The standard InChI is InChI=1S/C11H12N2O2/c1-2-10(5-6-12)15-11(14)9-4-3-7-13-8-9/h3-4,7-8,10H,2,5H2,1H3. The third-order valence-electron chi connectivity index (χ3n) is 1.95. The number of nitrogens with zero attached hydrogens (tertiary/aromatic N) is 2. The summed E-state index contributed by atoms with van der Waals surface area (Å²) in [6, 6.07) is 5.28. The highest BCUT2D eigenvalue weighted by atomic mass is 16.5. The van der Waals surface area contributed by atoms with Crippen molar-refractivity contribution >= 4 is 5.97 Å². The third kappa shape index (κ3) is 3.39. The summed E-state index contributed by atoms with van der Waals surface area (Å²) in [6.07, 6.45) is 3.56. The Bertz CT molecular complexity index is 357. The summed E-state index contributed by atoms with van der Waals surface area (Å²) in [5.41, 5.74) is 0.411. The molecular weight excluding hydrogens is 192 g/mol. The molecule has 4 nitrogen and oxygen atoms in total. The molecule has 15 heavy (non-hydrogen) atoms. The van der Waals surface area contributed by atoms with Gasteiger partial charge in [0.05, 0.1) is 18.1 Å². The van der Waals surface area contributed by atoms with Crippen LogP contribution in [0.4, 0.5) is 0 Å². The van der Waals surface area contributed by atoms with Gasteiger partial charge in [0.25, 0.3) is 0 Å². The van der Waals surface area contributed by atoms with E-state index in [1.807, 2.05) is 13.0 Å². The Labute approximate surface area is 88.5 Å². The zero-order valence-corrected chi connectivity index (χ0v) is 8.51. The van der Waals surface area contributed by atoms with Crippen molar-refractivity contribution < 1.29 is 9.53 Å². The fourth-order valence-corrected chi connectivity index (χ4v) is 1.07. The number of ether oxygens (including phenoxy) is 1. The van der Waals surface area contributed by atoms with Crippen molar-refractivity contribution in [3.63, 3.8) is 0 Å². The first-order chi connectivity index (χ1) is 7.27. The van der Waals surface area contributed by atoms with Gasteiger partial charge in [0, 0.05) is 12.4 Å². The van der Waals surface area contributed by atoms with Crippen molar-refractivity contribution in [2.24, 2.45) is 0 Å². The molecule has 1 rings (SSSR count). The smallest absolute Gasteiger partial charge is 0.340 e. The van der Waals surface area contributed by atoms with Crippen LogP contribution in [0.25, 0.3) is 0 Å². The fraction of sp³-hybridized carbons (Fsp3) is 0.364. The monoisotopic (exact) mass is 204 g/mol. The first-order valence-corrected chi connectivity index (χ1v) is 4.76. The van der Waals surface area contributed by atoms with Crippen LogP contribution in [0, 0.1) is 11.3 Å². The number of carbonyl (C=O) groups excluding carboxylic acids is 1. The Morgan fingerprint density at radius 3 is 3.07 bits per heavy atom. The molecular formula is C11H12N2O2. The molecule has 0 amide bonds. The minimum absolute atomic E-state index is 0.225. The van der Waals surface area contributed by atoms with E-state index in [0.717, 1.165) is 0 Å². The van der Waals surface area contributed by atoms with E-state index < -0.39 is 5.97 Å². The van der Waals surface area contributed by atoms with Crippen molar-refractivity contribution in [3.8, 4) is 6.07 Å². The van der Waals surface area contributed by atoms with Gasteiger partial charge in [0.1, 0.15) is 6.10 Å². The molecule has 0 aromatic carbocycles. The summed E-state index contributed by atoms with van der Waals surface area (Å²) >= 11 is 0. The summed E-state index contributed by atoms with van der Waals surface area (Å²) in [4.78, 5) is 15.3. The molecule has 0 saturated carbocycles. The molecule has 1 aromatic rings. The van der Waals surface area contributed by atoms with Crippen LogP contribution in [0.15, 0.2) is 24.5 Å². The van der Waals surface area contributed by atoms with Crippen molar-refractivity contribution in [2.75, 3.05) is 0 Å². The lowest BCUT2D eigenvalue weighted by Crippen LogP contribution is -2.17. The van der Waals surface area contributed by atoms with Gasteiger partial charge in [0.15, 0.2) is 0 Å². The Morgan fingerprint density at radius 2 is 2.53 bits per heavy atom. The van der Waals surface area contributed by atoms with Gasteiger partial charge in [-0.15, -0.1) is 0 Å². The van der Waals surface area contributed by atoms with Crippen LogP contribution in [-0.4, -0.2) is 17.1 Å². The van der Waals surface area contributed by atoms with Crippen LogP contribution in [0.3, 0.4) is 0 Å². The number of hydrogen-bond acceptors (Lipinski definition) is 4. The lowest BCUT2D eigenvalue weighted by atomic mass is 10.2. The maximum atomic E-state index is 11.5.